The molecule has 0 spiro atoms. The fourth-order valence-electron chi connectivity index (χ4n) is 2.39. The van der Waals surface area contributed by atoms with Crippen molar-refractivity contribution in [3.63, 3.8) is 0 Å². The summed E-state index contributed by atoms with van der Waals surface area (Å²) in [7, 11) is 1.56. The topological polar surface area (TPSA) is 67.2 Å². The molecule has 0 unspecified atom stereocenters. The summed E-state index contributed by atoms with van der Waals surface area (Å²) in [5, 5.41) is 12.8. The summed E-state index contributed by atoms with van der Waals surface area (Å²) in [5.74, 6) is 1.04. The third-order valence-corrected chi connectivity index (χ3v) is 4.01. The van der Waals surface area contributed by atoms with Crippen molar-refractivity contribution in [3.8, 4) is 5.88 Å². The Morgan fingerprint density at radius 2 is 1.83 bits per heavy atom. The second kappa shape index (κ2) is 7.42. The Balaban J connectivity index is 2.11. The van der Waals surface area contributed by atoms with Crippen LogP contribution >= 0.6 is 15.9 Å². The predicted molar refractivity (Wildman–Crippen MR) is 99.6 cm³/mol. The minimum absolute atomic E-state index is 0.110. The number of aromatic nitrogens is 1. The lowest BCUT2D eigenvalue weighted by atomic mass is 10.1. The van der Waals surface area contributed by atoms with E-state index in [1.165, 1.54) is 6.21 Å². The van der Waals surface area contributed by atoms with Gasteiger partial charge in [-0.15, -0.1) is 0 Å². The molecule has 0 aliphatic rings. The largest absolute Gasteiger partial charge is 0.450 e. The van der Waals surface area contributed by atoms with Crippen LogP contribution in [-0.2, 0) is 4.74 Å². The minimum Gasteiger partial charge on any atom is -0.450 e. The number of hydrogen-bond acceptors (Lipinski definition) is 5. The second-order valence-corrected chi connectivity index (χ2v) is 5.97. The van der Waals surface area contributed by atoms with Crippen LogP contribution in [0, 0.1) is 5.41 Å². The molecule has 0 saturated carbocycles. The summed E-state index contributed by atoms with van der Waals surface area (Å²) in [6.45, 7) is 0.110. The van der Waals surface area contributed by atoms with Gasteiger partial charge in [0.05, 0.1) is 0 Å². The van der Waals surface area contributed by atoms with E-state index in [2.05, 4.69) is 26.2 Å². The zero-order valence-corrected chi connectivity index (χ0v) is 14.6. The van der Waals surface area contributed by atoms with Crippen molar-refractivity contribution in [1.29, 1.82) is 5.41 Å². The van der Waals surface area contributed by atoms with E-state index < -0.39 is 0 Å². The van der Waals surface area contributed by atoms with Crippen LogP contribution in [0.25, 0.3) is 10.8 Å². The first-order valence-electron chi connectivity index (χ1n) is 7.30. The number of anilines is 2. The van der Waals surface area contributed by atoms with Crippen LogP contribution in [0.15, 0.2) is 53.0 Å². The van der Waals surface area contributed by atoms with Crippen molar-refractivity contribution < 1.29 is 9.47 Å². The maximum absolute atomic E-state index is 7.80. The van der Waals surface area contributed by atoms with E-state index in [-0.39, 0.29) is 6.79 Å². The van der Waals surface area contributed by atoms with Crippen molar-refractivity contribution in [2.75, 3.05) is 19.2 Å². The molecule has 3 aromatic rings. The molecule has 3 rings (SSSR count). The molecular weight excluding hydrogens is 370 g/mol. The van der Waals surface area contributed by atoms with E-state index in [1.54, 1.807) is 7.11 Å². The number of halogens is 1. The summed E-state index contributed by atoms with van der Waals surface area (Å²) >= 11 is 3.42. The van der Waals surface area contributed by atoms with Gasteiger partial charge < -0.3 is 20.2 Å². The highest BCUT2D eigenvalue weighted by Crippen LogP contribution is 2.32. The van der Waals surface area contributed by atoms with E-state index in [9.17, 15) is 0 Å². The zero-order chi connectivity index (χ0) is 16.9. The Morgan fingerprint density at radius 1 is 1.12 bits per heavy atom. The molecule has 0 radical (unpaired) electrons. The third kappa shape index (κ3) is 3.39. The molecule has 0 bridgehead atoms. The highest BCUT2D eigenvalue weighted by molar-refractivity contribution is 9.10. The molecule has 1 aromatic heterocycles. The van der Waals surface area contributed by atoms with Gasteiger partial charge in [0.2, 0.25) is 5.88 Å². The van der Waals surface area contributed by atoms with Crippen LogP contribution in [0.4, 0.5) is 11.5 Å². The number of methoxy groups -OCH3 is 1. The van der Waals surface area contributed by atoms with Crippen molar-refractivity contribution in [2.45, 2.75) is 0 Å². The molecule has 5 nitrogen and oxygen atoms in total. The molecule has 0 amide bonds. The monoisotopic (exact) mass is 385 g/mol. The number of rotatable bonds is 6. The van der Waals surface area contributed by atoms with Gasteiger partial charge in [-0.1, -0.05) is 34.1 Å². The van der Waals surface area contributed by atoms with Crippen molar-refractivity contribution in [2.24, 2.45) is 0 Å². The number of fused-ring (bicyclic) bond motifs is 1. The lowest BCUT2D eigenvalue weighted by molar-refractivity contribution is 0.0491. The Bertz CT molecular complexity index is 866. The first-order chi connectivity index (χ1) is 11.7. The molecule has 2 N–H and O–H groups in total. The van der Waals surface area contributed by atoms with Gasteiger partial charge in [-0.25, -0.2) is 0 Å². The summed E-state index contributed by atoms with van der Waals surface area (Å²) in [5.41, 5.74) is 1.58. The van der Waals surface area contributed by atoms with Crippen LogP contribution in [0.3, 0.4) is 0 Å². The smallest absolute Gasteiger partial charge is 0.225 e. The zero-order valence-electron chi connectivity index (χ0n) is 13.0. The molecule has 6 heteroatoms. The van der Waals surface area contributed by atoms with Crippen molar-refractivity contribution >= 4 is 44.4 Å². The van der Waals surface area contributed by atoms with Gasteiger partial charge in [-0.05, 0) is 35.7 Å². The Morgan fingerprint density at radius 3 is 2.50 bits per heavy atom. The van der Waals surface area contributed by atoms with Crippen LogP contribution in [0.1, 0.15) is 5.56 Å². The summed E-state index contributed by atoms with van der Waals surface area (Å²) in [6.07, 6.45) is 1.30. The average molecular weight is 386 g/mol. The van der Waals surface area contributed by atoms with Crippen molar-refractivity contribution in [1.82, 2.24) is 4.98 Å². The van der Waals surface area contributed by atoms with Crippen LogP contribution in [-0.4, -0.2) is 25.1 Å². The number of pyridine rings is 1. The van der Waals surface area contributed by atoms with Crippen LogP contribution in [0.5, 0.6) is 5.88 Å². The lowest BCUT2D eigenvalue weighted by Crippen LogP contribution is -2.06. The maximum atomic E-state index is 7.80. The SMILES string of the molecule is COCOc1nc(Nc2ccc(Br)cc2)c(C=N)c2ccccc12. The predicted octanol–water partition coefficient (Wildman–Crippen LogP) is 4.72. The van der Waals surface area contributed by atoms with Crippen LogP contribution < -0.4 is 10.1 Å². The molecule has 0 saturated heterocycles. The second-order valence-electron chi connectivity index (χ2n) is 5.05. The van der Waals surface area contributed by atoms with Gasteiger partial charge in [0.15, 0.2) is 6.79 Å². The fourth-order valence-corrected chi connectivity index (χ4v) is 2.65. The summed E-state index contributed by atoms with van der Waals surface area (Å²) in [4.78, 5) is 4.55. The molecular formula is C18H16BrN3O2. The molecule has 122 valence electrons. The fraction of sp³-hybridized carbons (Fsp3) is 0.111. The number of nitrogens with zero attached hydrogens (tertiary/aromatic N) is 1. The number of hydrogen-bond donors (Lipinski definition) is 2. The van der Waals surface area contributed by atoms with Gasteiger partial charge >= 0.3 is 0 Å². The minimum atomic E-state index is 0.110. The van der Waals surface area contributed by atoms with Crippen LogP contribution in [0.2, 0.25) is 0 Å². The molecule has 0 atom stereocenters. The van der Waals surface area contributed by atoms with E-state index >= 15 is 0 Å². The first-order valence-corrected chi connectivity index (χ1v) is 8.09. The van der Waals surface area contributed by atoms with Gasteiger partial charge in [-0.3, -0.25) is 0 Å². The Kier molecular flexibility index (Phi) is 5.08. The number of benzene rings is 2. The Hall–Kier alpha value is -2.44. The van der Waals surface area contributed by atoms with E-state index in [0.717, 1.165) is 20.9 Å². The number of ether oxygens (including phenoxy) is 2. The van der Waals surface area contributed by atoms with E-state index in [0.29, 0.717) is 17.3 Å². The van der Waals surface area contributed by atoms with Gasteiger partial charge in [0.25, 0.3) is 0 Å². The highest BCUT2D eigenvalue weighted by atomic mass is 79.9. The quantitative estimate of drug-likeness (QED) is 0.475. The van der Waals surface area contributed by atoms with E-state index in [1.807, 2.05) is 48.5 Å². The third-order valence-electron chi connectivity index (χ3n) is 3.48. The number of nitrogens with one attached hydrogen (secondary N) is 2. The van der Waals surface area contributed by atoms with Gasteiger partial charge in [-0.2, -0.15) is 4.98 Å². The molecule has 0 fully saturated rings. The molecule has 1 heterocycles. The van der Waals surface area contributed by atoms with E-state index in [4.69, 9.17) is 14.9 Å². The van der Waals surface area contributed by atoms with Gasteiger partial charge in [0, 0.05) is 34.4 Å². The maximum Gasteiger partial charge on any atom is 0.225 e. The molecule has 2 aromatic carbocycles. The first kappa shape index (κ1) is 16.4. The lowest BCUT2D eigenvalue weighted by Gasteiger charge is -2.15. The molecule has 0 aliphatic carbocycles. The summed E-state index contributed by atoms with van der Waals surface area (Å²) < 4.78 is 11.6. The molecule has 0 aliphatic heterocycles. The normalized spacial score (nSPS) is 10.6. The highest BCUT2D eigenvalue weighted by Gasteiger charge is 2.13. The van der Waals surface area contributed by atoms with Crippen molar-refractivity contribution in [3.05, 3.63) is 58.6 Å². The average Bonchev–Trinajstić information content (AvgIpc) is 2.61. The Labute approximate surface area is 148 Å². The van der Waals surface area contributed by atoms with Gasteiger partial charge in [0.1, 0.15) is 5.82 Å². The standard InChI is InChI=1S/C18H16BrN3O2/c1-23-11-24-18-15-5-3-2-4-14(15)16(10-20)17(22-18)21-13-8-6-12(19)7-9-13/h2-10,20H,11H2,1H3,(H,21,22). The summed E-state index contributed by atoms with van der Waals surface area (Å²) in [6, 6.07) is 15.5. The molecule has 24 heavy (non-hydrogen) atoms.